The Morgan fingerprint density at radius 2 is 1.94 bits per heavy atom. The Kier molecular flexibility index (Phi) is 4.00. The lowest BCUT2D eigenvalue weighted by molar-refractivity contribution is 0.586. The number of hydrogen-bond acceptors (Lipinski definition) is 3. The SMILES string of the molecule is O=S1(=O)CCN(c2cc(Cl)ccc2CBr)CC1. The van der Waals surface area contributed by atoms with E-state index in [-0.39, 0.29) is 11.5 Å². The average Bonchev–Trinajstić information content (AvgIpc) is 2.29. The second kappa shape index (κ2) is 5.16. The summed E-state index contributed by atoms with van der Waals surface area (Å²) < 4.78 is 22.8. The zero-order valence-electron chi connectivity index (χ0n) is 9.20. The lowest BCUT2D eigenvalue weighted by Gasteiger charge is -2.30. The molecule has 1 aromatic carbocycles. The Labute approximate surface area is 115 Å². The molecule has 0 N–H and O–H groups in total. The molecular weight excluding hydrogens is 326 g/mol. The Balaban J connectivity index is 2.26. The third kappa shape index (κ3) is 3.14. The van der Waals surface area contributed by atoms with E-state index in [2.05, 4.69) is 20.8 Å². The van der Waals surface area contributed by atoms with E-state index >= 15 is 0 Å². The summed E-state index contributed by atoms with van der Waals surface area (Å²) in [7, 11) is -2.84. The summed E-state index contributed by atoms with van der Waals surface area (Å²) in [5, 5.41) is 1.42. The Morgan fingerprint density at radius 1 is 1.29 bits per heavy atom. The third-order valence-corrected chi connectivity index (χ3v) is 5.32. The van der Waals surface area contributed by atoms with Crippen LogP contribution in [0.4, 0.5) is 5.69 Å². The minimum atomic E-state index is -2.84. The first-order chi connectivity index (χ1) is 8.02. The van der Waals surface area contributed by atoms with Crippen molar-refractivity contribution in [2.75, 3.05) is 29.5 Å². The maximum atomic E-state index is 11.4. The molecule has 1 saturated heterocycles. The van der Waals surface area contributed by atoms with Gasteiger partial charge in [-0.15, -0.1) is 0 Å². The molecule has 1 fully saturated rings. The lowest BCUT2D eigenvalue weighted by Crippen LogP contribution is -2.40. The zero-order chi connectivity index (χ0) is 12.5. The number of benzene rings is 1. The Bertz CT molecular complexity index is 504. The molecule has 0 spiro atoms. The van der Waals surface area contributed by atoms with Crippen LogP contribution in [0.25, 0.3) is 0 Å². The van der Waals surface area contributed by atoms with Gasteiger partial charge in [0.05, 0.1) is 11.5 Å². The molecule has 1 aliphatic heterocycles. The second-order valence-electron chi connectivity index (χ2n) is 4.05. The van der Waals surface area contributed by atoms with Crippen molar-refractivity contribution in [2.24, 2.45) is 0 Å². The van der Waals surface area contributed by atoms with Gasteiger partial charge in [0.25, 0.3) is 0 Å². The van der Waals surface area contributed by atoms with Gasteiger partial charge < -0.3 is 4.90 Å². The van der Waals surface area contributed by atoms with E-state index in [0.717, 1.165) is 16.6 Å². The van der Waals surface area contributed by atoms with Gasteiger partial charge in [0.2, 0.25) is 0 Å². The van der Waals surface area contributed by atoms with Crippen LogP contribution < -0.4 is 4.90 Å². The Morgan fingerprint density at radius 3 is 2.53 bits per heavy atom. The smallest absolute Gasteiger partial charge is 0.153 e. The predicted octanol–water partition coefficient (Wildman–Crippen LogP) is 2.47. The van der Waals surface area contributed by atoms with Gasteiger partial charge in [0.1, 0.15) is 0 Å². The molecule has 6 heteroatoms. The van der Waals surface area contributed by atoms with Crippen LogP contribution in [0.2, 0.25) is 5.02 Å². The molecule has 2 rings (SSSR count). The molecule has 0 atom stereocenters. The van der Waals surface area contributed by atoms with Gasteiger partial charge in [-0.1, -0.05) is 33.6 Å². The highest BCUT2D eigenvalue weighted by Crippen LogP contribution is 2.27. The van der Waals surface area contributed by atoms with Gasteiger partial charge in [-0.3, -0.25) is 0 Å². The molecule has 1 aliphatic rings. The lowest BCUT2D eigenvalue weighted by atomic mass is 10.2. The van der Waals surface area contributed by atoms with Gasteiger partial charge in [-0.05, 0) is 17.7 Å². The van der Waals surface area contributed by atoms with E-state index in [1.165, 1.54) is 0 Å². The number of alkyl halides is 1. The first kappa shape index (κ1) is 13.2. The molecule has 3 nitrogen and oxygen atoms in total. The molecule has 0 aliphatic carbocycles. The van der Waals surface area contributed by atoms with Crippen LogP contribution in [0.5, 0.6) is 0 Å². The maximum Gasteiger partial charge on any atom is 0.153 e. The van der Waals surface area contributed by atoms with Gasteiger partial charge in [-0.25, -0.2) is 8.42 Å². The number of halogens is 2. The van der Waals surface area contributed by atoms with Crippen molar-refractivity contribution in [3.63, 3.8) is 0 Å². The third-order valence-electron chi connectivity index (χ3n) is 2.88. The minimum Gasteiger partial charge on any atom is -0.369 e. The molecular formula is C11H13BrClNO2S. The fraction of sp³-hybridized carbons (Fsp3) is 0.455. The normalized spacial score (nSPS) is 19.3. The number of hydrogen-bond donors (Lipinski definition) is 0. The van der Waals surface area contributed by atoms with E-state index in [4.69, 9.17) is 11.6 Å². The van der Waals surface area contributed by atoms with Gasteiger partial charge in [-0.2, -0.15) is 0 Å². The summed E-state index contributed by atoms with van der Waals surface area (Å²) in [6.07, 6.45) is 0. The van der Waals surface area contributed by atoms with Crippen LogP contribution in [-0.2, 0) is 15.2 Å². The molecule has 0 radical (unpaired) electrons. The average molecular weight is 339 g/mol. The number of sulfone groups is 1. The quantitative estimate of drug-likeness (QED) is 0.778. The van der Waals surface area contributed by atoms with Crippen molar-refractivity contribution < 1.29 is 8.42 Å². The summed E-state index contributed by atoms with van der Waals surface area (Å²) in [6, 6.07) is 5.72. The first-order valence-electron chi connectivity index (χ1n) is 5.31. The highest BCUT2D eigenvalue weighted by atomic mass is 79.9. The summed E-state index contributed by atoms with van der Waals surface area (Å²) >= 11 is 9.42. The number of rotatable bonds is 2. The van der Waals surface area contributed by atoms with Crippen molar-refractivity contribution >= 4 is 43.1 Å². The van der Waals surface area contributed by atoms with E-state index in [1.54, 1.807) is 0 Å². The summed E-state index contributed by atoms with van der Waals surface area (Å²) in [6.45, 7) is 1.09. The maximum absolute atomic E-state index is 11.4. The standard InChI is InChI=1S/C11H13BrClNO2S/c12-8-9-1-2-10(13)7-11(9)14-3-5-17(15,16)6-4-14/h1-2,7H,3-6,8H2. The molecule has 94 valence electrons. The molecule has 0 saturated carbocycles. The molecule has 0 amide bonds. The molecule has 17 heavy (non-hydrogen) atoms. The zero-order valence-corrected chi connectivity index (χ0v) is 12.4. The molecule has 1 aromatic rings. The highest BCUT2D eigenvalue weighted by Gasteiger charge is 2.23. The summed E-state index contributed by atoms with van der Waals surface area (Å²) in [5.74, 6) is 0.447. The monoisotopic (exact) mass is 337 g/mol. The van der Waals surface area contributed by atoms with Crippen LogP contribution in [-0.4, -0.2) is 33.0 Å². The van der Waals surface area contributed by atoms with Crippen LogP contribution in [0.3, 0.4) is 0 Å². The van der Waals surface area contributed by atoms with Gasteiger partial charge in [0.15, 0.2) is 9.84 Å². The van der Waals surface area contributed by atoms with Crippen molar-refractivity contribution in [2.45, 2.75) is 5.33 Å². The first-order valence-corrected chi connectivity index (χ1v) is 8.64. The fourth-order valence-corrected chi connectivity index (χ4v) is 3.74. The van der Waals surface area contributed by atoms with Gasteiger partial charge >= 0.3 is 0 Å². The van der Waals surface area contributed by atoms with Crippen molar-refractivity contribution in [1.82, 2.24) is 0 Å². The van der Waals surface area contributed by atoms with Crippen molar-refractivity contribution in [3.8, 4) is 0 Å². The summed E-state index contributed by atoms with van der Waals surface area (Å²) in [4.78, 5) is 2.09. The van der Waals surface area contributed by atoms with Crippen LogP contribution in [0.1, 0.15) is 5.56 Å². The van der Waals surface area contributed by atoms with Gasteiger partial charge in [0, 0.05) is 29.1 Å². The van der Waals surface area contributed by atoms with E-state index in [1.807, 2.05) is 18.2 Å². The fourth-order valence-electron chi connectivity index (χ4n) is 1.90. The molecule has 0 unspecified atom stereocenters. The van der Waals surface area contributed by atoms with E-state index < -0.39 is 9.84 Å². The Hall–Kier alpha value is -0.260. The van der Waals surface area contributed by atoms with Crippen LogP contribution in [0.15, 0.2) is 18.2 Å². The minimum absolute atomic E-state index is 0.223. The second-order valence-corrected chi connectivity index (χ2v) is 7.35. The molecule has 0 bridgehead atoms. The van der Waals surface area contributed by atoms with E-state index in [9.17, 15) is 8.42 Å². The van der Waals surface area contributed by atoms with E-state index in [0.29, 0.717) is 18.1 Å². The largest absolute Gasteiger partial charge is 0.369 e. The summed E-state index contributed by atoms with van der Waals surface area (Å²) in [5.41, 5.74) is 2.16. The topological polar surface area (TPSA) is 37.4 Å². The molecule has 0 aromatic heterocycles. The number of nitrogens with zero attached hydrogens (tertiary/aromatic N) is 1. The van der Waals surface area contributed by atoms with Crippen molar-refractivity contribution in [1.29, 1.82) is 0 Å². The van der Waals surface area contributed by atoms with Crippen LogP contribution >= 0.6 is 27.5 Å². The number of anilines is 1. The van der Waals surface area contributed by atoms with Crippen LogP contribution in [0, 0.1) is 0 Å². The highest BCUT2D eigenvalue weighted by molar-refractivity contribution is 9.08. The molecule has 1 heterocycles. The predicted molar refractivity (Wildman–Crippen MR) is 74.9 cm³/mol. The van der Waals surface area contributed by atoms with Crippen molar-refractivity contribution in [3.05, 3.63) is 28.8 Å².